The van der Waals surface area contributed by atoms with E-state index in [4.69, 9.17) is 12.2 Å². The first-order chi connectivity index (χ1) is 17.5. The number of nitrogens with zero attached hydrogens (tertiary/aromatic N) is 3. The predicted octanol–water partition coefficient (Wildman–Crippen LogP) is 5.32. The van der Waals surface area contributed by atoms with Crippen LogP contribution in [-0.4, -0.2) is 32.0 Å². The van der Waals surface area contributed by atoms with E-state index in [1.165, 1.54) is 12.1 Å². The smallest absolute Gasteiger partial charge is 0.226 e. The maximum absolute atomic E-state index is 14.0. The third-order valence-electron chi connectivity index (χ3n) is 6.28. The van der Waals surface area contributed by atoms with Gasteiger partial charge >= 0.3 is 0 Å². The van der Waals surface area contributed by atoms with E-state index in [1.54, 1.807) is 12.3 Å². The molecule has 8 heteroatoms. The summed E-state index contributed by atoms with van der Waals surface area (Å²) < 4.78 is 16.0. The van der Waals surface area contributed by atoms with E-state index in [1.807, 2.05) is 83.3 Å². The summed E-state index contributed by atoms with van der Waals surface area (Å²) in [5.74, 6) is -0.402. The molecule has 1 amide bonds. The Morgan fingerprint density at radius 3 is 2.67 bits per heavy atom. The Kier molecular flexibility index (Phi) is 6.77. The number of carbonyl (C=O) groups is 1. The molecule has 2 atom stereocenters. The van der Waals surface area contributed by atoms with Gasteiger partial charge < -0.3 is 20.1 Å². The lowest BCUT2D eigenvalue weighted by molar-refractivity contribution is -0.116. The first-order valence-corrected chi connectivity index (χ1v) is 12.2. The Morgan fingerprint density at radius 2 is 1.92 bits per heavy atom. The fourth-order valence-corrected chi connectivity index (χ4v) is 4.88. The Bertz CT molecular complexity index is 1370. The summed E-state index contributed by atoms with van der Waals surface area (Å²) >= 11 is 5.73. The highest BCUT2D eigenvalue weighted by molar-refractivity contribution is 7.80. The highest BCUT2D eigenvalue weighted by atomic mass is 32.1. The number of hydrogen-bond donors (Lipinski definition) is 2. The second-order valence-corrected chi connectivity index (χ2v) is 9.15. The summed E-state index contributed by atoms with van der Waals surface area (Å²) in [6.45, 7) is 2.41. The van der Waals surface area contributed by atoms with Crippen molar-refractivity contribution in [1.82, 2.24) is 19.8 Å². The molecule has 0 spiro atoms. The molecule has 1 fully saturated rings. The van der Waals surface area contributed by atoms with E-state index in [-0.39, 0.29) is 30.2 Å². The fraction of sp³-hybridized carbons (Fsp3) is 0.179. The average molecular weight is 500 g/mol. The number of aryl methyl sites for hydroxylation is 1. The molecule has 2 N–H and O–H groups in total. The van der Waals surface area contributed by atoms with E-state index in [0.717, 1.165) is 22.6 Å². The van der Waals surface area contributed by atoms with Crippen LogP contribution >= 0.6 is 12.2 Å². The van der Waals surface area contributed by atoms with Gasteiger partial charge in [0.25, 0.3) is 0 Å². The highest BCUT2D eigenvalue weighted by Crippen LogP contribution is 2.39. The zero-order valence-corrected chi connectivity index (χ0v) is 20.6. The topological polar surface area (TPSA) is 62.2 Å². The zero-order chi connectivity index (χ0) is 25.1. The lowest BCUT2D eigenvalue weighted by Gasteiger charge is -2.28. The summed E-state index contributed by atoms with van der Waals surface area (Å²) in [6, 6.07) is 23.4. The number of rotatable bonds is 7. The number of thiocarbonyl (C=S) groups is 1. The van der Waals surface area contributed by atoms with Crippen LogP contribution in [0.5, 0.6) is 0 Å². The van der Waals surface area contributed by atoms with Crippen molar-refractivity contribution in [3.05, 3.63) is 114 Å². The molecule has 182 valence electrons. The van der Waals surface area contributed by atoms with Crippen LogP contribution in [0.2, 0.25) is 0 Å². The number of carbonyl (C=O) groups excluding carboxylic acids is 1. The van der Waals surface area contributed by atoms with Crippen molar-refractivity contribution in [2.24, 2.45) is 0 Å². The molecule has 1 saturated heterocycles. The van der Waals surface area contributed by atoms with Crippen molar-refractivity contribution in [3.63, 3.8) is 0 Å². The lowest BCUT2D eigenvalue weighted by Crippen LogP contribution is -2.33. The molecule has 6 nitrogen and oxygen atoms in total. The van der Waals surface area contributed by atoms with Crippen molar-refractivity contribution in [1.29, 1.82) is 0 Å². The first-order valence-electron chi connectivity index (χ1n) is 11.8. The van der Waals surface area contributed by atoms with Crippen LogP contribution in [0.25, 0.3) is 5.69 Å². The third-order valence-corrected chi connectivity index (χ3v) is 6.63. The molecule has 2 aromatic carbocycles. The molecule has 2 aromatic heterocycles. The van der Waals surface area contributed by atoms with Crippen molar-refractivity contribution in [3.8, 4) is 5.69 Å². The van der Waals surface area contributed by atoms with Gasteiger partial charge in [-0.3, -0.25) is 9.78 Å². The molecule has 1 aliphatic rings. The van der Waals surface area contributed by atoms with Crippen LogP contribution in [0.1, 0.15) is 35.5 Å². The second kappa shape index (κ2) is 10.3. The maximum atomic E-state index is 14.0. The molecule has 3 heterocycles. The van der Waals surface area contributed by atoms with Gasteiger partial charge in [-0.2, -0.15) is 0 Å². The quantitative estimate of drug-likeness (QED) is 0.337. The number of hydrogen-bond acceptors (Lipinski definition) is 3. The summed E-state index contributed by atoms with van der Waals surface area (Å²) in [7, 11) is 0. The van der Waals surface area contributed by atoms with Gasteiger partial charge in [-0.1, -0.05) is 29.8 Å². The van der Waals surface area contributed by atoms with Gasteiger partial charge in [0.2, 0.25) is 5.91 Å². The SMILES string of the molecule is Cc1ccc(NC(=O)CCN2C(=S)N[C@@H](c3ccccn3)[C@@H]2c2cccn2-c2cccc(F)c2)cc1. The highest BCUT2D eigenvalue weighted by Gasteiger charge is 2.41. The number of pyridine rings is 1. The third kappa shape index (κ3) is 4.99. The Morgan fingerprint density at radius 1 is 1.08 bits per heavy atom. The van der Waals surface area contributed by atoms with Crippen LogP contribution in [0.3, 0.4) is 0 Å². The Hall–Kier alpha value is -4.04. The minimum Gasteiger partial charge on any atom is -0.352 e. The number of halogens is 1. The molecule has 0 saturated carbocycles. The maximum Gasteiger partial charge on any atom is 0.226 e. The van der Waals surface area contributed by atoms with Crippen LogP contribution in [-0.2, 0) is 4.79 Å². The Labute approximate surface area is 214 Å². The average Bonchev–Trinajstić information content (AvgIpc) is 3.49. The molecule has 0 aliphatic carbocycles. The molecule has 36 heavy (non-hydrogen) atoms. The molecule has 0 unspecified atom stereocenters. The van der Waals surface area contributed by atoms with E-state index < -0.39 is 0 Å². The van der Waals surface area contributed by atoms with E-state index in [9.17, 15) is 9.18 Å². The van der Waals surface area contributed by atoms with E-state index in [2.05, 4.69) is 15.6 Å². The minimum absolute atomic E-state index is 0.0952. The van der Waals surface area contributed by atoms with Crippen molar-refractivity contribution in [2.75, 3.05) is 11.9 Å². The lowest BCUT2D eigenvalue weighted by atomic mass is 10.0. The normalized spacial score (nSPS) is 17.2. The van der Waals surface area contributed by atoms with E-state index >= 15 is 0 Å². The predicted molar refractivity (Wildman–Crippen MR) is 142 cm³/mol. The number of amides is 1. The van der Waals surface area contributed by atoms with Crippen molar-refractivity contribution >= 4 is 28.9 Å². The first kappa shape index (κ1) is 23.7. The molecule has 1 aliphatic heterocycles. The van der Waals surface area contributed by atoms with E-state index in [0.29, 0.717) is 17.3 Å². The van der Waals surface area contributed by atoms with Gasteiger partial charge in [-0.15, -0.1) is 0 Å². The number of anilines is 1. The van der Waals surface area contributed by atoms with Crippen LogP contribution in [0, 0.1) is 12.7 Å². The summed E-state index contributed by atoms with van der Waals surface area (Å²) in [5, 5.41) is 6.91. The van der Waals surface area contributed by atoms with Gasteiger partial charge in [0.1, 0.15) is 5.82 Å². The van der Waals surface area contributed by atoms with Crippen LogP contribution in [0.4, 0.5) is 10.1 Å². The summed E-state index contributed by atoms with van der Waals surface area (Å²) in [4.78, 5) is 19.4. The molecule has 0 bridgehead atoms. The van der Waals surface area contributed by atoms with Gasteiger partial charge in [-0.05, 0) is 73.7 Å². The van der Waals surface area contributed by atoms with Gasteiger partial charge in [0, 0.05) is 42.4 Å². The molecular weight excluding hydrogens is 473 g/mol. The standard InChI is InChI=1S/C28H26FN5OS/c1-19-10-12-21(13-11-19)31-25(35)14-17-34-27(26(32-28(34)36)23-8-2-3-15-30-23)24-9-5-16-33(24)22-7-4-6-20(29)18-22/h2-13,15-16,18,26-27H,14,17H2,1H3,(H,31,35)(H,32,36)/t26-,27-/m0/s1. The molecule has 0 radical (unpaired) electrons. The summed E-state index contributed by atoms with van der Waals surface area (Å²) in [5.41, 5.74) is 4.36. The van der Waals surface area contributed by atoms with Crippen LogP contribution in [0.15, 0.2) is 91.3 Å². The fourth-order valence-electron chi connectivity index (χ4n) is 4.55. The number of aromatic nitrogens is 2. The zero-order valence-electron chi connectivity index (χ0n) is 19.8. The Balaban J connectivity index is 1.44. The summed E-state index contributed by atoms with van der Waals surface area (Å²) in [6.07, 6.45) is 3.91. The van der Waals surface area contributed by atoms with Crippen LogP contribution < -0.4 is 10.6 Å². The molecule has 4 aromatic rings. The van der Waals surface area contributed by atoms with Gasteiger partial charge in [0.15, 0.2) is 5.11 Å². The van der Waals surface area contributed by atoms with Crippen molar-refractivity contribution < 1.29 is 9.18 Å². The largest absolute Gasteiger partial charge is 0.352 e. The minimum atomic E-state index is -0.307. The molecule has 5 rings (SSSR count). The number of nitrogens with one attached hydrogen (secondary N) is 2. The second-order valence-electron chi connectivity index (χ2n) is 8.77. The van der Waals surface area contributed by atoms with Crippen molar-refractivity contribution in [2.45, 2.75) is 25.4 Å². The monoisotopic (exact) mass is 499 g/mol. The molecular formula is C28H26FN5OS. The number of benzene rings is 2. The van der Waals surface area contributed by atoms with Gasteiger partial charge in [-0.25, -0.2) is 4.39 Å². The van der Waals surface area contributed by atoms with Gasteiger partial charge in [0.05, 0.1) is 17.8 Å².